The van der Waals surface area contributed by atoms with Crippen molar-refractivity contribution in [1.82, 2.24) is 13.9 Å². The van der Waals surface area contributed by atoms with Crippen molar-refractivity contribution in [1.29, 1.82) is 0 Å². The number of sulfonamides is 1. The van der Waals surface area contributed by atoms with Gasteiger partial charge >= 0.3 is 0 Å². The zero-order valence-electron chi connectivity index (χ0n) is 14.7. The second kappa shape index (κ2) is 8.03. The normalized spacial score (nSPS) is 11.7. The predicted octanol–water partition coefficient (Wildman–Crippen LogP) is 2.19. The van der Waals surface area contributed by atoms with Crippen molar-refractivity contribution in [2.24, 2.45) is 0 Å². The van der Waals surface area contributed by atoms with E-state index in [1.165, 1.54) is 31.9 Å². The molecule has 0 fully saturated rings. The molecule has 0 aliphatic heterocycles. The summed E-state index contributed by atoms with van der Waals surface area (Å²) in [7, 11) is -0.602. The van der Waals surface area contributed by atoms with Crippen molar-refractivity contribution in [3.63, 3.8) is 0 Å². The Morgan fingerprint density at radius 1 is 1.36 bits per heavy atom. The molecule has 136 valence electrons. The molecule has 1 amide bonds. The van der Waals surface area contributed by atoms with E-state index in [1.807, 2.05) is 17.7 Å². The smallest absolute Gasteiger partial charge is 0.242 e. The topological polar surface area (TPSA) is 84.3 Å². The van der Waals surface area contributed by atoms with E-state index in [2.05, 4.69) is 10.3 Å². The number of carbonyl (C=O) groups is 1. The van der Waals surface area contributed by atoms with Gasteiger partial charge < -0.3 is 9.88 Å². The van der Waals surface area contributed by atoms with E-state index in [4.69, 9.17) is 0 Å². The first-order valence-electron chi connectivity index (χ1n) is 7.72. The number of nitrogens with one attached hydrogen (secondary N) is 1. The number of anilines is 1. The van der Waals surface area contributed by atoms with Gasteiger partial charge in [-0.15, -0.1) is 0 Å². The molecule has 0 saturated heterocycles. The molecule has 0 spiro atoms. The van der Waals surface area contributed by atoms with Gasteiger partial charge in [-0.2, -0.15) is 0 Å². The van der Waals surface area contributed by atoms with E-state index in [9.17, 15) is 13.2 Å². The summed E-state index contributed by atoms with van der Waals surface area (Å²) >= 11 is 1.34. The van der Waals surface area contributed by atoms with Gasteiger partial charge in [0.15, 0.2) is 5.16 Å². The Morgan fingerprint density at radius 2 is 2.08 bits per heavy atom. The van der Waals surface area contributed by atoms with E-state index >= 15 is 0 Å². The van der Waals surface area contributed by atoms with Gasteiger partial charge in [-0.05, 0) is 31.5 Å². The highest BCUT2D eigenvalue weighted by molar-refractivity contribution is 7.99. The number of benzene rings is 1. The van der Waals surface area contributed by atoms with Crippen LogP contribution in [-0.2, 0) is 21.4 Å². The van der Waals surface area contributed by atoms with Crippen LogP contribution >= 0.6 is 11.8 Å². The van der Waals surface area contributed by atoms with Crippen molar-refractivity contribution >= 4 is 33.4 Å². The van der Waals surface area contributed by atoms with Gasteiger partial charge in [0.2, 0.25) is 15.9 Å². The number of thioether (sulfide) groups is 1. The lowest BCUT2D eigenvalue weighted by Crippen LogP contribution is -2.23. The summed E-state index contributed by atoms with van der Waals surface area (Å²) in [4.78, 5) is 16.5. The maximum Gasteiger partial charge on any atom is 0.242 e. The molecule has 9 heteroatoms. The molecule has 0 unspecified atom stereocenters. The molecule has 25 heavy (non-hydrogen) atoms. The molecule has 2 aromatic rings. The highest BCUT2D eigenvalue weighted by Gasteiger charge is 2.20. The Morgan fingerprint density at radius 3 is 2.72 bits per heavy atom. The molecule has 1 N–H and O–H groups in total. The first-order chi connectivity index (χ1) is 11.8. The standard InChI is InChI=1S/C16H22N4O3S2/c1-5-20-9-8-17-16(20)24-11-15(21)18-13-7-6-12(2)14(10-13)25(22,23)19(3)4/h6-10H,5,11H2,1-4H3,(H,18,21). The van der Waals surface area contributed by atoms with Gasteiger partial charge in [0.1, 0.15) is 0 Å². The Labute approximate surface area is 152 Å². The molecule has 0 saturated carbocycles. The number of carbonyl (C=O) groups excluding carboxylic acids is 1. The first kappa shape index (κ1) is 19.5. The van der Waals surface area contributed by atoms with Gasteiger partial charge in [-0.1, -0.05) is 17.8 Å². The van der Waals surface area contributed by atoms with Gasteiger partial charge in [0.25, 0.3) is 0 Å². The van der Waals surface area contributed by atoms with Gasteiger partial charge in [-0.3, -0.25) is 4.79 Å². The second-order valence-corrected chi connectivity index (χ2v) is 8.66. The maximum absolute atomic E-state index is 12.3. The molecule has 0 atom stereocenters. The van der Waals surface area contributed by atoms with E-state index in [0.717, 1.165) is 16.0 Å². The van der Waals surface area contributed by atoms with E-state index in [1.54, 1.807) is 25.3 Å². The minimum atomic E-state index is -3.56. The average molecular weight is 383 g/mol. The fraction of sp³-hybridized carbons (Fsp3) is 0.375. The van der Waals surface area contributed by atoms with Crippen molar-refractivity contribution in [3.05, 3.63) is 36.2 Å². The van der Waals surface area contributed by atoms with E-state index < -0.39 is 10.0 Å². The van der Waals surface area contributed by atoms with E-state index in [-0.39, 0.29) is 16.6 Å². The number of hydrogen-bond acceptors (Lipinski definition) is 5. The quantitative estimate of drug-likeness (QED) is 0.742. The Hall–Kier alpha value is -1.84. The molecule has 0 bridgehead atoms. The average Bonchev–Trinajstić information content (AvgIpc) is 3.02. The Kier molecular flexibility index (Phi) is 6.26. The molecule has 7 nitrogen and oxygen atoms in total. The number of imidazole rings is 1. The minimum absolute atomic E-state index is 0.185. The number of hydrogen-bond donors (Lipinski definition) is 1. The maximum atomic E-state index is 12.3. The van der Waals surface area contributed by atoms with Crippen molar-refractivity contribution in [3.8, 4) is 0 Å². The van der Waals surface area contributed by atoms with Crippen molar-refractivity contribution < 1.29 is 13.2 Å². The van der Waals surface area contributed by atoms with Crippen LogP contribution in [0.3, 0.4) is 0 Å². The Bertz CT molecular complexity index is 860. The summed E-state index contributed by atoms with van der Waals surface area (Å²) in [5.41, 5.74) is 1.08. The minimum Gasteiger partial charge on any atom is -0.326 e. The molecular weight excluding hydrogens is 360 g/mol. The third-order valence-corrected chi connectivity index (χ3v) is 6.54. The molecule has 2 rings (SSSR count). The van der Waals surface area contributed by atoms with Crippen LogP contribution in [0.5, 0.6) is 0 Å². The van der Waals surface area contributed by atoms with Crippen molar-refractivity contribution in [2.75, 3.05) is 25.2 Å². The summed E-state index contributed by atoms with van der Waals surface area (Å²) in [6, 6.07) is 4.86. The molecule has 0 aliphatic rings. The molecule has 1 aromatic heterocycles. The third-order valence-electron chi connectivity index (χ3n) is 3.58. The zero-order chi connectivity index (χ0) is 18.6. The molecule has 0 radical (unpaired) electrons. The van der Waals surface area contributed by atoms with E-state index in [0.29, 0.717) is 11.3 Å². The molecular formula is C16H22N4O3S2. The fourth-order valence-electron chi connectivity index (χ4n) is 2.16. The lowest BCUT2D eigenvalue weighted by molar-refractivity contribution is -0.113. The summed E-state index contributed by atoms with van der Waals surface area (Å²) < 4.78 is 27.8. The van der Waals surface area contributed by atoms with Crippen LogP contribution in [-0.4, -0.2) is 48.0 Å². The number of nitrogens with zero attached hydrogens (tertiary/aromatic N) is 3. The van der Waals surface area contributed by atoms with Gasteiger partial charge in [-0.25, -0.2) is 17.7 Å². The highest BCUT2D eigenvalue weighted by Crippen LogP contribution is 2.23. The highest BCUT2D eigenvalue weighted by atomic mass is 32.2. The van der Waals surface area contributed by atoms with Crippen LogP contribution in [0.25, 0.3) is 0 Å². The monoisotopic (exact) mass is 382 g/mol. The lowest BCUT2D eigenvalue weighted by atomic mass is 10.2. The van der Waals surface area contributed by atoms with Gasteiger partial charge in [0.05, 0.1) is 10.6 Å². The summed E-state index contributed by atoms with van der Waals surface area (Å²) in [6.45, 7) is 4.51. The summed E-state index contributed by atoms with van der Waals surface area (Å²) in [6.07, 6.45) is 3.56. The SMILES string of the molecule is CCn1ccnc1SCC(=O)Nc1ccc(C)c(S(=O)(=O)N(C)C)c1. The number of aryl methyl sites for hydroxylation is 2. The van der Waals surface area contributed by atoms with Crippen LogP contribution in [0.4, 0.5) is 5.69 Å². The third kappa shape index (κ3) is 4.62. The van der Waals surface area contributed by atoms with Crippen LogP contribution in [0.1, 0.15) is 12.5 Å². The Balaban J connectivity index is 2.09. The molecule has 0 aliphatic carbocycles. The number of amides is 1. The first-order valence-corrected chi connectivity index (χ1v) is 10.1. The summed E-state index contributed by atoms with van der Waals surface area (Å²) in [5.74, 6) is -0.0200. The fourth-order valence-corrected chi connectivity index (χ4v) is 4.12. The lowest BCUT2D eigenvalue weighted by Gasteiger charge is -2.15. The van der Waals surface area contributed by atoms with Crippen LogP contribution in [0.2, 0.25) is 0 Å². The zero-order valence-corrected chi connectivity index (χ0v) is 16.3. The van der Waals surface area contributed by atoms with Crippen LogP contribution in [0, 0.1) is 6.92 Å². The van der Waals surface area contributed by atoms with Crippen LogP contribution < -0.4 is 5.32 Å². The number of aromatic nitrogens is 2. The second-order valence-electron chi connectivity index (χ2n) is 5.60. The van der Waals surface area contributed by atoms with Crippen LogP contribution in [0.15, 0.2) is 40.6 Å². The number of rotatable bonds is 7. The molecule has 1 heterocycles. The predicted molar refractivity (Wildman–Crippen MR) is 99.3 cm³/mol. The summed E-state index contributed by atoms with van der Waals surface area (Å²) in [5, 5.41) is 3.52. The van der Waals surface area contributed by atoms with Gasteiger partial charge in [0, 0.05) is 38.7 Å². The molecule has 1 aromatic carbocycles. The van der Waals surface area contributed by atoms with Crippen molar-refractivity contribution in [2.45, 2.75) is 30.4 Å². The largest absolute Gasteiger partial charge is 0.326 e.